The Balaban J connectivity index is 1.50. The van der Waals surface area contributed by atoms with E-state index in [9.17, 15) is 35.1 Å². The van der Waals surface area contributed by atoms with Crippen LogP contribution in [0.3, 0.4) is 0 Å². The van der Waals surface area contributed by atoms with E-state index in [1.165, 1.54) is 7.11 Å². The molecule has 1 aromatic rings. The van der Waals surface area contributed by atoms with Gasteiger partial charge in [0.1, 0.15) is 18.3 Å². The van der Waals surface area contributed by atoms with Crippen LogP contribution in [0.2, 0.25) is 0 Å². The second kappa shape index (κ2) is 12.5. The number of hydrogen-bond acceptors (Lipinski definition) is 10. The van der Waals surface area contributed by atoms with Gasteiger partial charge in [-0.05, 0) is 30.6 Å². The number of fused-ring (bicyclic) bond motifs is 1. The number of carbonyl (C=O) groups excluding carboxylic acids is 1. The van der Waals surface area contributed by atoms with E-state index in [0.29, 0.717) is 42.0 Å². The van der Waals surface area contributed by atoms with E-state index in [4.69, 9.17) is 18.9 Å². The van der Waals surface area contributed by atoms with Crippen LogP contribution in [-0.4, -0.2) is 94.1 Å². The molecule has 1 aromatic heterocycles. The summed E-state index contributed by atoms with van der Waals surface area (Å²) in [5, 5.41) is 53.9. The van der Waals surface area contributed by atoms with E-state index in [1.807, 2.05) is 0 Å². The summed E-state index contributed by atoms with van der Waals surface area (Å²) in [5.74, 6) is -2.82. The highest BCUT2D eigenvalue weighted by Gasteiger charge is 2.60. The number of esters is 1. The first-order chi connectivity index (χ1) is 20.6. The summed E-state index contributed by atoms with van der Waals surface area (Å²) in [5.41, 5.74) is -2.13. The number of ether oxygens (including phenoxy) is 4. The Labute approximate surface area is 248 Å². The molecule has 8 unspecified atom stereocenters. The number of carboxylic acids is 1. The van der Waals surface area contributed by atoms with Crippen LogP contribution in [0.1, 0.15) is 44.9 Å². The normalized spacial score (nSPS) is 34.7. The fraction of sp³-hybridized carbons (Fsp3) is 0.613. The number of aliphatic hydroxyl groups is 4. The number of carbonyl (C=O) groups is 2. The summed E-state index contributed by atoms with van der Waals surface area (Å²) < 4.78 is 24.0. The van der Waals surface area contributed by atoms with Crippen LogP contribution in [0, 0.1) is 17.3 Å². The SMILES string of the molecule is C=CC1C(CC(=O)O)C(C(=O)OC)=CC2(CCCC2)C1OC1OC(CO)C2(C=c3cc[n-]c3=C(CCCO)O2)C(O)C1O. The topological polar surface area (TPSA) is 186 Å². The summed E-state index contributed by atoms with van der Waals surface area (Å²) in [7, 11) is 1.25. The fourth-order valence-corrected chi connectivity index (χ4v) is 7.38. The van der Waals surface area contributed by atoms with Crippen molar-refractivity contribution in [2.45, 2.75) is 81.3 Å². The highest BCUT2D eigenvalue weighted by molar-refractivity contribution is 5.90. The molecule has 0 radical (unpaired) electrons. The third kappa shape index (κ3) is 5.45. The Morgan fingerprint density at radius 3 is 2.58 bits per heavy atom. The van der Waals surface area contributed by atoms with Crippen molar-refractivity contribution in [3.05, 3.63) is 47.1 Å². The molecule has 2 aliphatic carbocycles. The highest BCUT2D eigenvalue weighted by atomic mass is 16.7. The number of aromatic nitrogens is 1. The summed E-state index contributed by atoms with van der Waals surface area (Å²) in [4.78, 5) is 29.1. The summed E-state index contributed by atoms with van der Waals surface area (Å²) >= 11 is 0. The lowest BCUT2D eigenvalue weighted by atomic mass is 9.62. The van der Waals surface area contributed by atoms with Gasteiger partial charge in [0.25, 0.3) is 0 Å². The monoisotopic (exact) mass is 602 g/mol. The van der Waals surface area contributed by atoms with Crippen molar-refractivity contribution in [2.24, 2.45) is 17.3 Å². The van der Waals surface area contributed by atoms with Gasteiger partial charge >= 0.3 is 11.9 Å². The highest BCUT2D eigenvalue weighted by Crippen LogP contribution is 2.54. The number of hydrogen-bond donors (Lipinski definition) is 5. The number of rotatable bonds is 10. The zero-order chi connectivity index (χ0) is 30.9. The first-order valence-corrected chi connectivity index (χ1v) is 14.7. The molecule has 5 N–H and O–H groups in total. The fourth-order valence-electron chi connectivity index (χ4n) is 7.38. The summed E-state index contributed by atoms with van der Waals surface area (Å²) in [6.45, 7) is 3.26. The number of aliphatic carboxylic acids is 1. The van der Waals surface area contributed by atoms with Gasteiger partial charge in [-0.1, -0.05) is 36.4 Å². The van der Waals surface area contributed by atoms with E-state index in [-0.39, 0.29) is 18.6 Å². The average molecular weight is 603 g/mol. The minimum atomic E-state index is -1.68. The Hall–Kier alpha value is -3.00. The molecular formula is C31H40NO11-. The molecular weight excluding hydrogens is 562 g/mol. The molecule has 12 nitrogen and oxygen atoms in total. The summed E-state index contributed by atoms with van der Waals surface area (Å²) in [6.07, 6.45) is 3.11. The van der Waals surface area contributed by atoms with Crippen LogP contribution in [0.25, 0.3) is 11.8 Å². The van der Waals surface area contributed by atoms with Gasteiger partial charge in [0.2, 0.25) is 0 Å². The molecule has 43 heavy (non-hydrogen) atoms. The van der Waals surface area contributed by atoms with Crippen molar-refractivity contribution in [3.8, 4) is 0 Å². The molecule has 1 saturated carbocycles. The maximum Gasteiger partial charge on any atom is 0.333 e. The predicted octanol–water partition coefficient (Wildman–Crippen LogP) is -0.535. The van der Waals surface area contributed by atoms with Crippen molar-refractivity contribution in [1.29, 1.82) is 0 Å². The van der Waals surface area contributed by atoms with Crippen LogP contribution in [0.15, 0.2) is 36.6 Å². The lowest BCUT2D eigenvalue weighted by Gasteiger charge is -2.53. The average Bonchev–Trinajstić information content (AvgIpc) is 3.67. The first-order valence-electron chi connectivity index (χ1n) is 14.7. The summed E-state index contributed by atoms with van der Waals surface area (Å²) in [6, 6.07) is 1.73. The lowest BCUT2D eigenvalue weighted by Crippen LogP contribution is -2.69. The van der Waals surface area contributed by atoms with Crippen molar-refractivity contribution in [3.63, 3.8) is 0 Å². The number of carboxylic acid groups (broad SMARTS) is 1. The Morgan fingerprint density at radius 2 is 1.95 bits per heavy atom. The van der Waals surface area contributed by atoms with E-state index >= 15 is 0 Å². The Morgan fingerprint density at radius 1 is 1.21 bits per heavy atom. The molecule has 2 fully saturated rings. The quantitative estimate of drug-likeness (QED) is 0.170. The maximum absolute atomic E-state index is 12.8. The third-order valence-corrected chi connectivity index (χ3v) is 9.40. The minimum Gasteiger partial charge on any atom is -0.661 e. The minimum absolute atomic E-state index is 0.0940. The molecule has 12 heteroatoms. The van der Waals surface area contributed by atoms with Gasteiger partial charge in [0, 0.05) is 35.9 Å². The maximum atomic E-state index is 12.8. The molecule has 5 rings (SSSR count). The third-order valence-electron chi connectivity index (χ3n) is 9.40. The van der Waals surface area contributed by atoms with E-state index in [2.05, 4.69) is 11.6 Å². The Bertz CT molecular complexity index is 1360. The molecule has 0 bridgehead atoms. The van der Waals surface area contributed by atoms with Crippen LogP contribution >= 0.6 is 0 Å². The van der Waals surface area contributed by atoms with Crippen molar-refractivity contribution in [1.82, 2.24) is 4.98 Å². The molecule has 8 atom stereocenters. The van der Waals surface area contributed by atoms with E-state index in [0.717, 1.165) is 12.8 Å². The van der Waals surface area contributed by atoms with Crippen LogP contribution in [0.5, 0.6) is 0 Å². The largest absolute Gasteiger partial charge is 0.661 e. The smallest absolute Gasteiger partial charge is 0.333 e. The number of nitrogens with zero attached hydrogens (tertiary/aromatic N) is 1. The van der Waals surface area contributed by atoms with Crippen LogP contribution in [0.4, 0.5) is 0 Å². The predicted molar refractivity (Wildman–Crippen MR) is 150 cm³/mol. The second-order valence-electron chi connectivity index (χ2n) is 11.8. The molecule has 0 aromatic carbocycles. The van der Waals surface area contributed by atoms with Crippen molar-refractivity contribution >= 4 is 23.8 Å². The standard InChI is InChI=1S/C31H40NO11/c1-3-18-19(13-23(35)36)20(28(39)40-2)15-30(9-4-5-10-30)27(18)42-29-25(37)26(38)31(22(16-34)41-29)14-17-8-11-32-24(17)21(43-31)7-6-12-33/h3,8,11,14-15,18-19,22,25-27,29,33-34,37-38H,1,4-7,9-10,12-13,16H2,2H3,(H,35,36)/q-1. The van der Waals surface area contributed by atoms with E-state index in [1.54, 1.807) is 30.5 Å². The molecule has 1 saturated heterocycles. The first kappa shape index (κ1) is 31.4. The number of methoxy groups -OCH3 is 1. The van der Waals surface area contributed by atoms with Gasteiger partial charge in [-0.15, -0.1) is 6.58 Å². The van der Waals surface area contributed by atoms with Gasteiger partial charge in [0.05, 0.1) is 32.0 Å². The van der Waals surface area contributed by atoms with Gasteiger partial charge in [-0.3, -0.25) is 4.79 Å². The van der Waals surface area contributed by atoms with Gasteiger partial charge in [-0.25, -0.2) is 4.79 Å². The zero-order valence-electron chi connectivity index (χ0n) is 24.1. The van der Waals surface area contributed by atoms with Gasteiger partial charge in [0.15, 0.2) is 11.9 Å². The Kier molecular flexibility index (Phi) is 9.17. The molecule has 2 aliphatic heterocycles. The van der Waals surface area contributed by atoms with E-state index < -0.39 is 72.1 Å². The van der Waals surface area contributed by atoms with Gasteiger partial charge < -0.3 is 49.5 Å². The molecule has 4 aliphatic rings. The molecule has 236 valence electrons. The van der Waals surface area contributed by atoms with Gasteiger partial charge in [-0.2, -0.15) is 6.20 Å². The molecule has 3 heterocycles. The van der Waals surface area contributed by atoms with Crippen LogP contribution < -0.4 is 15.6 Å². The lowest BCUT2D eigenvalue weighted by molar-refractivity contribution is -0.335. The molecule has 0 amide bonds. The van der Waals surface area contributed by atoms with Crippen molar-refractivity contribution in [2.75, 3.05) is 20.3 Å². The molecule has 2 spiro atoms. The van der Waals surface area contributed by atoms with Crippen LogP contribution in [-0.2, 0) is 28.5 Å². The zero-order valence-corrected chi connectivity index (χ0v) is 24.1. The number of aliphatic hydroxyl groups excluding tert-OH is 4. The second-order valence-corrected chi connectivity index (χ2v) is 11.8. The van der Waals surface area contributed by atoms with Crippen molar-refractivity contribution < 1.29 is 54.1 Å².